The van der Waals surface area contributed by atoms with Crippen molar-refractivity contribution < 1.29 is 9.47 Å². The van der Waals surface area contributed by atoms with Crippen LogP contribution in [0.2, 0.25) is 0 Å². The number of aromatic amines is 1. The van der Waals surface area contributed by atoms with Crippen molar-refractivity contribution in [1.82, 2.24) is 35.1 Å². The van der Waals surface area contributed by atoms with Gasteiger partial charge in [-0.05, 0) is 42.5 Å². The maximum atomic E-state index is 5.81. The van der Waals surface area contributed by atoms with Gasteiger partial charge < -0.3 is 19.7 Å². The number of methoxy groups -OCH3 is 1. The van der Waals surface area contributed by atoms with Crippen LogP contribution in [0.15, 0.2) is 55.1 Å². The molecule has 0 amide bonds. The number of piperidine rings is 1. The van der Waals surface area contributed by atoms with Gasteiger partial charge in [-0.1, -0.05) is 6.07 Å². The lowest BCUT2D eigenvalue weighted by molar-refractivity contribution is 0.338. The van der Waals surface area contributed by atoms with Crippen molar-refractivity contribution in [1.29, 1.82) is 0 Å². The Morgan fingerprint density at radius 3 is 2.70 bits per heavy atom. The Hall–Kier alpha value is -4.18. The first-order chi connectivity index (χ1) is 18.2. The first kappa shape index (κ1) is 22.1. The zero-order chi connectivity index (χ0) is 24.9. The number of H-pyrrole nitrogens is 1. The molecule has 0 bridgehead atoms. The zero-order valence-corrected chi connectivity index (χ0v) is 20.8. The smallest absolute Gasteiger partial charge is 0.212 e. The number of nitrogens with zero attached hydrogens (tertiary/aromatic N) is 6. The molecule has 3 atom stereocenters. The van der Waals surface area contributed by atoms with Crippen LogP contribution < -0.4 is 19.7 Å². The van der Waals surface area contributed by atoms with E-state index in [1.165, 1.54) is 5.56 Å². The van der Waals surface area contributed by atoms with Gasteiger partial charge in [0.05, 0.1) is 37.0 Å². The van der Waals surface area contributed by atoms with Crippen molar-refractivity contribution in [3.8, 4) is 22.8 Å². The van der Waals surface area contributed by atoms with E-state index in [1.807, 2.05) is 42.3 Å². The Kier molecular flexibility index (Phi) is 5.21. The number of hydrogen-bond acceptors (Lipinski definition) is 8. The monoisotopic (exact) mass is 496 g/mol. The van der Waals surface area contributed by atoms with Gasteiger partial charge in [0.2, 0.25) is 5.88 Å². The van der Waals surface area contributed by atoms with E-state index in [2.05, 4.69) is 54.8 Å². The molecule has 5 aromatic rings. The molecule has 0 radical (unpaired) electrons. The fourth-order valence-corrected chi connectivity index (χ4v) is 5.63. The topological polar surface area (TPSA) is 105 Å². The van der Waals surface area contributed by atoms with Crippen LogP contribution in [0.5, 0.6) is 11.6 Å². The van der Waals surface area contributed by atoms with Gasteiger partial charge in [-0.3, -0.25) is 5.10 Å². The molecule has 7 rings (SSSR count). The predicted octanol–water partition coefficient (Wildman–Crippen LogP) is 3.30. The molecule has 0 aromatic carbocycles. The van der Waals surface area contributed by atoms with Gasteiger partial charge in [-0.2, -0.15) is 5.10 Å². The highest BCUT2D eigenvalue weighted by atomic mass is 16.5. The summed E-state index contributed by atoms with van der Waals surface area (Å²) in [6.45, 7) is 5.45. The minimum atomic E-state index is 0.562. The molecule has 5 aromatic heterocycles. The summed E-state index contributed by atoms with van der Waals surface area (Å²) in [5.74, 6) is 3.77. The lowest BCUT2D eigenvalue weighted by Crippen LogP contribution is -2.31. The summed E-state index contributed by atoms with van der Waals surface area (Å²) in [6.07, 6.45) is 7.55. The summed E-state index contributed by atoms with van der Waals surface area (Å²) in [4.78, 5) is 11.5. The van der Waals surface area contributed by atoms with Gasteiger partial charge in [0.1, 0.15) is 11.6 Å². The third-order valence-corrected chi connectivity index (χ3v) is 7.54. The second-order valence-electron chi connectivity index (χ2n) is 9.70. The van der Waals surface area contributed by atoms with Gasteiger partial charge >= 0.3 is 0 Å². The number of rotatable bonds is 8. The molecule has 1 aliphatic carbocycles. The standard InChI is InChI=1S/C27H28N8O2/c1-3-37-18-8-19(26-20-12-31-32-27(20)33-35(26)13-18)17-5-6-23(28-11-17)34-14-21-22(15-34)25(21)30-10-16-4-7-24(36-2)29-9-16/h4-9,11-13,21-22,25,30H,3,10,14-15H2,1-2H3,(H,32,33)/t21-,22+,25+. The Morgan fingerprint density at radius 1 is 1.08 bits per heavy atom. The molecular weight excluding hydrogens is 468 g/mol. The number of nitrogens with one attached hydrogen (secondary N) is 2. The van der Waals surface area contributed by atoms with Crippen molar-refractivity contribution in [2.75, 3.05) is 31.7 Å². The third-order valence-electron chi connectivity index (χ3n) is 7.54. The number of pyridine rings is 3. The molecule has 0 spiro atoms. The van der Waals surface area contributed by atoms with Crippen molar-refractivity contribution in [3.05, 3.63) is 60.7 Å². The highest BCUT2D eigenvalue weighted by Crippen LogP contribution is 2.46. The third kappa shape index (κ3) is 3.84. The molecule has 10 nitrogen and oxygen atoms in total. The maximum Gasteiger partial charge on any atom is 0.212 e. The zero-order valence-electron chi connectivity index (χ0n) is 20.8. The van der Waals surface area contributed by atoms with Gasteiger partial charge in [0.25, 0.3) is 0 Å². The van der Waals surface area contributed by atoms with Crippen LogP contribution >= 0.6 is 0 Å². The molecule has 37 heavy (non-hydrogen) atoms. The summed E-state index contributed by atoms with van der Waals surface area (Å²) < 4.78 is 12.8. The lowest BCUT2D eigenvalue weighted by atomic mass is 10.1. The lowest BCUT2D eigenvalue weighted by Gasteiger charge is -2.21. The maximum absolute atomic E-state index is 5.81. The molecule has 1 saturated heterocycles. The first-order valence-electron chi connectivity index (χ1n) is 12.6. The highest BCUT2D eigenvalue weighted by Gasteiger charge is 2.55. The number of fused-ring (bicyclic) bond motifs is 4. The predicted molar refractivity (Wildman–Crippen MR) is 140 cm³/mol. The molecule has 10 heteroatoms. The van der Waals surface area contributed by atoms with Crippen LogP contribution in [-0.4, -0.2) is 62.6 Å². The van der Waals surface area contributed by atoms with Gasteiger partial charge in [-0.25, -0.2) is 14.5 Å². The van der Waals surface area contributed by atoms with Gasteiger partial charge in [0.15, 0.2) is 5.65 Å². The van der Waals surface area contributed by atoms with Crippen LogP contribution in [0.25, 0.3) is 27.7 Å². The van der Waals surface area contributed by atoms with Crippen molar-refractivity contribution in [2.45, 2.75) is 19.5 Å². The summed E-state index contributed by atoms with van der Waals surface area (Å²) in [7, 11) is 1.64. The van der Waals surface area contributed by atoms with Crippen molar-refractivity contribution in [3.63, 3.8) is 0 Å². The molecule has 188 valence electrons. The molecule has 1 saturated carbocycles. The van der Waals surface area contributed by atoms with E-state index in [1.54, 1.807) is 7.11 Å². The first-order valence-corrected chi connectivity index (χ1v) is 12.6. The fraction of sp³-hybridized carbons (Fsp3) is 0.333. The van der Waals surface area contributed by atoms with E-state index in [-0.39, 0.29) is 0 Å². The average molecular weight is 497 g/mol. The van der Waals surface area contributed by atoms with Gasteiger partial charge in [0, 0.05) is 55.3 Å². The number of ether oxygens (including phenoxy) is 2. The average Bonchev–Trinajstić information content (AvgIpc) is 3.31. The minimum Gasteiger partial charge on any atom is -0.492 e. The fourth-order valence-electron chi connectivity index (χ4n) is 5.63. The molecule has 1 aliphatic heterocycles. The normalized spacial score (nSPS) is 20.5. The Morgan fingerprint density at radius 2 is 1.97 bits per heavy atom. The molecule has 2 aliphatic rings. The van der Waals surface area contributed by atoms with Crippen LogP contribution in [0, 0.1) is 11.8 Å². The van der Waals surface area contributed by atoms with Crippen molar-refractivity contribution in [2.24, 2.45) is 11.8 Å². The van der Waals surface area contributed by atoms with E-state index in [9.17, 15) is 0 Å². The molecule has 2 N–H and O–H groups in total. The summed E-state index contributed by atoms with van der Waals surface area (Å²) in [5.41, 5.74) is 4.96. The number of anilines is 1. The molecule has 6 heterocycles. The minimum absolute atomic E-state index is 0.562. The SMILES string of the molecule is CCOc1cc(-c2ccc(N3C[C@@H]4[C@H](C3)[C@H]4NCc3ccc(OC)nc3)nc2)c2c3cn[nH]c3nn2c1. The van der Waals surface area contributed by atoms with Crippen LogP contribution in [0.3, 0.4) is 0 Å². The quantitative estimate of drug-likeness (QED) is 0.337. The molecular formula is C27H28N8O2. The second kappa shape index (κ2) is 8.74. The second-order valence-corrected chi connectivity index (χ2v) is 9.70. The Bertz CT molecular complexity index is 1550. The largest absolute Gasteiger partial charge is 0.492 e. The van der Waals surface area contributed by atoms with E-state index < -0.39 is 0 Å². The summed E-state index contributed by atoms with van der Waals surface area (Å²) in [5, 5.41) is 16.4. The number of aromatic nitrogens is 6. The van der Waals surface area contributed by atoms with Gasteiger partial charge in [-0.15, -0.1) is 5.10 Å². The summed E-state index contributed by atoms with van der Waals surface area (Å²) >= 11 is 0. The van der Waals surface area contributed by atoms with E-state index in [4.69, 9.17) is 14.5 Å². The summed E-state index contributed by atoms with van der Waals surface area (Å²) in [6, 6.07) is 10.9. The van der Waals surface area contributed by atoms with Crippen LogP contribution in [0.1, 0.15) is 12.5 Å². The van der Waals surface area contributed by atoms with Crippen LogP contribution in [-0.2, 0) is 6.54 Å². The molecule has 2 fully saturated rings. The highest BCUT2D eigenvalue weighted by molar-refractivity contribution is 6.00. The van der Waals surface area contributed by atoms with E-state index >= 15 is 0 Å². The Labute approximate surface area is 213 Å². The number of hydrogen-bond donors (Lipinski definition) is 2. The van der Waals surface area contributed by atoms with E-state index in [0.29, 0.717) is 30.4 Å². The molecule has 0 unspecified atom stereocenters. The van der Waals surface area contributed by atoms with E-state index in [0.717, 1.165) is 58.9 Å². The Balaban J connectivity index is 1.05. The van der Waals surface area contributed by atoms with Crippen molar-refractivity contribution >= 4 is 22.4 Å². The van der Waals surface area contributed by atoms with Crippen LogP contribution in [0.4, 0.5) is 5.82 Å².